The molecule has 0 N–H and O–H groups in total. The van der Waals surface area contributed by atoms with Crippen molar-refractivity contribution in [3.8, 4) is 16.8 Å². The molecular formula is C52H44BN3. The van der Waals surface area contributed by atoms with Gasteiger partial charge in [-0.15, -0.1) is 0 Å². The van der Waals surface area contributed by atoms with Crippen molar-refractivity contribution in [3.05, 3.63) is 162 Å². The first-order valence-corrected chi connectivity index (χ1v) is 20.5. The number of rotatable bonds is 4. The molecular weight excluding hydrogens is 677 g/mol. The summed E-state index contributed by atoms with van der Waals surface area (Å²) in [7, 11) is 0. The van der Waals surface area contributed by atoms with Crippen LogP contribution in [0.1, 0.15) is 56.2 Å². The molecule has 3 aliphatic heterocycles. The third-order valence-electron chi connectivity index (χ3n) is 14.4. The van der Waals surface area contributed by atoms with Crippen molar-refractivity contribution in [2.24, 2.45) is 0 Å². The van der Waals surface area contributed by atoms with Gasteiger partial charge in [0, 0.05) is 50.1 Å². The first-order valence-electron chi connectivity index (χ1n) is 20.5. The van der Waals surface area contributed by atoms with Gasteiger partial charge in [0.05, 0.1) is 16.7 Å². The van der Waals surface area contributed by atoms with E-state index >= 15 is 0 Å². The third kappa shape index (κ3) is 4.09. The Kier molecular flexibility index (Phi) is 6.51. The Morgan fingerprint density at radius 1 is 0.571 bits per heavy atom. The molecule has 0 bridgehead atoms. The molecule has 2 unspecified atom stereocenters. The minimum Gasteiger partial charge on any atom is -0.335 e. The van der Waals surface area contributed by atoms with Crippen LogP contribution in [-0.4, -0.2) is 16.8 Å². The summed E-state index contributed by atoms with van der Waals surface area (Å²) in [5, 5.41) is 2.64. The Labute approximate surface area is 329 Å². The van der Waals surface area contributed by atoms with E-state index in [1.165, 1.54) is 119 Å². The highest BCUT2D eigenvalue weighted by Gasteiger charge is 2.61. The van der Waals surface area contributed by atoms with Crippen LogP contribution in [0.5, 0.6) is 0 Å². The lowest BCUT2D eigenvalue weighted by Gasteiger charge is -2.52. The van der Waals surface area contributed by atoms with Gasteiger partial charge in [0.15, 0.2) is 0 Å². The Morgan fingerprint density at radius 2 is 1.25 bits per heavy atom. The van der Waals surface area contributed by atoms with E-state index in [0.29, 0.717) is 0 Å². The summed E-state index contributed by atoms with van der Waals surface area (Å²) in [4.78, 5) is 5.37. The van der Waals surface area contributed by atoms with Crippen molar-refractivity contribution in [2.45, 2.75) is 64.3 Å². The lowest BCUT2D eigenvalue weighted by molar-refractivity contribution is 0.195. The number of para-hydroxylation sites is 2. The average Bonchev–Trinajstić information content (AvgIpc) is 3.66. The Balaban J connectivity index is 1.25. The molecule has 0 spiro atoms. The summed E-state index contributed by atoms with van der Waals surface area (Å²) in [6.07, 6.45) is 4.86. The summed E-state index contributed by atoms with van der Waals surface area (Å²) < 4.78 is 2.62. The predicted molar refractivity (Wildman–Crippen MR) is 238 cm³/mol. The molecule has 8 aromatic rings. The molecule has 12 rings (SSSR count). The summed E-state index contributed by atoms with van der Waals surface area (Å²) in [5.41, 5.74) is 21.1. The molecule has 0 amide bonds. The third-order valence-corrected chi connectivity index (χ3v) is 14.4. The second-order valence-corrected chi connectivity index (χ2v) is 17.4. The number of fused-ring (bicyclic) bond motifs is 10. The number of hydrogen-bond donors (Lipinski definition) is 0. The number of anilines is 5. The molecule has 1 aromatic heterocycles. The van der Waals surface area contributed by atoms with E-state index in [2.05, 4.69) is 188 Å². The highest BCUT2D eigenvalue weighted by Crippen LogP contribution is 2.62. The molecule has 4 aliphatic rings. The molecule has 2 atom stereocenters. The van der Waals surface area contributed by atoms with Gasteiger partial charge < -0.3 is 14.4 Å². The molecule has 7 aromatic carbocycles. The van der Waals surface area contributed by atoms with Crippen molar-refractivity contribution >= 4 is 73.3 Å². The molecule has 3 nitrogen and oxygen atoms in total. The van der Waals surface area contributed by atoms with Crippen LogP contribution >= 0.6 is 0 Å². The SMILES string of the molecule is Cc1cccc(N(c2cccc(C)c2)c2cc3c4c(c2)-n2c5ccccc5c5cccc(c52)B4c2cc(-c4ccccc4)cc4c2N3C2(C)CCCCC42C)c1. The molecule has 1 fully saturated rings. The van der Waals surface area contributed by atoms with Crippen LogP contribution in [-0.2, 0) is 5.41 Å². The number of hydrogen-bond acceptors (Lipinski definition) is 2. The maximum Gasteiger partial charge on any atom is 0.252 e. The molecule has 1 saturated carbocycles. The smallest absolute Gasteiger partial charge is 0.252 e. The van der Waals surface area contributed by atoms with Crippen molar-refractivity contribution in [1.82, 2.24) is 4.57 Å². The largest absolute Gasteiger partial charge is 0.335 e. The van der Waals surface area contributed by atoms with E-state index in [1.807, 2.05) is 0 Å². The zero-order chi connectivity index (χ0) is 37.5. The fraction of sp³-hybridized carbons (Fsp3) is 0.192. The topological polar surface area (TPSA) is 11.4 Å². The number of aromatic nitrogens is 1. The summed E-state index contributed by atoms with van der Waals surface area (Å²) in [6.45, 7) is 9.70. The quantitative estimate of drug-likeness (QED) is 0.168. The number of aryl methyl sites for hydroxylation is 2. The number of nitrogens with zero attached hydrogens (tertiary/aromatic N) is 3. The lowest BCUT2D eigenvalue weighted by Crippen LogP contribution is -2.64. The maximum atomic E-state index is 2.87. The van der Waals surface area contributed by atoms with Gasteiger partial charge in [0.1, 0.15) is 0 Å². The van der Waals surface area contributed by atoms with Crippen LogP contribution in [0.15, 0.2) is 146 Å². The highest BCUT2D eigenvalue weighted by molar-refractivity contribution is 7.00. The molecule has 0 saturated heterocycles. The van der Waals surface area contributed by atoms with Gasteiger partial charge in [-0.1, -0.05) is 117 Å². The van der Waals surface area contributed by atoms with Gasteiger partial charge in [-0.2, -0.15) is 0 Å². The van der Waals surface area contributed by atoms with Gasteiger partial charge in [-0.05, 0) is 126 Å². The van der Waals surface area contributed by atoms with Crippen LogP contribution < -0.4 is 26.2 Å². The predicted octanol–water partition coefficient (Wildman–Crippen LogP) is 11.4. The molecule has 1 aliphatic carbocycles. The first-order chi connectivity index (χ1) is 27.3. The van der Waals surface area contributed by atoms with Crippen LogP contribution in [0.4, 0.5) is 28.4 Å². The fourth-order valence-electron chi connectivity index (χ4n) is 11.6. The van der Waals surface area contributed by atoms with Crippen molar-refractivity contribution in [2.75, 3.05) is 9.80 Å². The van der Waals surface area contributed by atoms with Crippen molar-refractivity contribution in [1.29, 1.82) is 0 Å². The zero-order valence-electron chi connectivity index (χ0n) is 32.6. The van der Waals surface area contributed by atoms with Crippen LogP contribution in [0.3, 0.4) is 0 Å². The van der Waals surface area contributed by atoms with E-state index in [4.69, 9.17) is 0 Å². The van der Waals surface area contributed by atoms with E-state index in [-0.39, 0.29) is 17.7 Å². The standard InChI is InChI=1S/C52H44BN3/c1-33-15-12-19-37(27-33)54(38-20-13-16-34(2)28-38)39-31-46-48-47(32-39)56-50-42(51(3)25-10-11-26-52(51,56)4)29-36(35-17-6-5-7-18-35)30-44(50)53(48)43-23-14-22-41-40-21-8-9-24-45(40)55(46)49(41)43/h5-9,12-24,27-32H,10-11,25-26H2,1-4H3. The Hall–Kier alpha value is -6.00. The summed E-state index contributed by atoms with van der Waals surface area (Å²) >= 11 is 0. The van der Waals surface area contributed by atoms with Gasteiger partial charge >= 0.3 is 0 Å². The molecule has 56 heavy (non-hydrogen) atoms. The van der Waals surface area contributed by atoms with Crippen LogP contribution in [0.2, 0.25) is 0 Å². The van der Waals surface area contributed by atoms with E-state index < -0.39 is 0 Å². The lowest BCUT2D eigenvalue weighted by atomic mass is 9.33. The average molecular weight is 722 g/mol. The minimum atomic E-state index is -0.0858. The van der Waals surface area contributed by atoms with E-state index in [0.717, 1.165) is 6.42 Å². The molecule has 4 heteroatoms. The van der Waals surface area contributed by atoms with Gasteiger partial charge in [0.2, 0.25) is 0 Å². The van der Waals surface area contributed by atoms with Crippen LogP contribution in [0.25, 0.3) is 38.6 Å². The second kappa shape index (κ2) is 11.3. The summed E-state index contributed by atoms with van der Waals surface area (Å²) in [5.74, 6) is 0. The molecule has 0 radical (unpaired) electrons. The van der Waals surface area contributed by atoms with Gasteiger partial charge in [-0.3, -0.25) is 0 Å². The van der Waals surface area contributed by atoms with E-state index in [9.17, 15) is 0 Å². The normalized spacial score (nSPS) is 19.9. The number of benzene rings is 7. The highest BCUT2D eigenvalue weighted by atomic mass is 15.3. The molecule has 270 valence electrons. The van der Waals surface area contributed by atoms with Crippen molar-refractivity contribution < 1.29 is 0 Å². The van der Waals surface area contributed by atoms with Gasteiger partial charge in [0.25, 0.3) is 6.71 Å². The zero-order valence-corrected chi connectivity index (χ0v) is 32.6. The molecule has 4 heterocycles. The first kappa shape index (κ1) is 32.3. The Bertz CT molecular complexity index is 2910. The maximum absolute atomic E-state index is 2.87. The fourth-order valence-corrected chi connectivity index (χ4v) is 11.6. The Morgan fingerprint density at radius 3 is 2.02 bits per heavy atom. The minimum absolute atomic E-state index is 0.00267. The monoisotopic (exact) mass is 721 g/mol. The van der Waals surface area contributed by atoms with E-state index in [1.54, 1.807) is 0 Å². The summed E-state index contributed by atoms with van der Waals surface area (Å²) in [6, 6.07) is 55.5. The second-order valence-electron chi connectivity index (χ2n) is 17.4. The van der Waals surface area contributed by atoms with Crippen LogP contribution in [0, 0.1) is 13.8 Å². The van der Waals surface area contributed by atoms with Crippen molar-refractivity contribution in [3.63, 3.8) is 0 Å². The van der Waals surface area contributed by atoms with Gasteiger partial charge in [-0.25, -0.2) is 0 Å².